The number of carbonyl (C=O) groups is 3. The summed E-state index contributed by atoms with van der Waals surface area (Å²) >= 11 is 0. The molecule has 1 aliphatic heterocycles. The fraction of sp³-hybridized carbons (Fsp3) is 0.423. The maximum absolute atomic E-state index is 12.7. The zero-order valence-electron chi connectivity index (χ0n) is 18.8. The molecule has 3 unspecified atom stereocenters. The summed E-state index contributed by atoms with van der Waals surface area (Å²) < 4.78 is 5.45. The van der Waals surface area contributed by atoms with Crippen LogP contribution in [0.25, 0.3) is 11.1 Å². The summed E-state index contributed by atoms with van der Waals surface area (Å²) in [5.41, 5.74) is 3.38. The summed E-state index contributed by atoms with van der Waals surface area (Å²) in [5.74, 6) is -1.44. The van der Waals surface area contributed by atoms with Crippen molar-refractivity contribution in [1.82, 2.24) is 10.2 Å². The van der Waals surface area contributed by atoms with Crippen molar-refractivity contribution < 1.29 is 29.3 Å². The molecule has 3 N–H and O–H groups in total. The van der Waals surface area contributed by atoms with Gasteiger partial charge < -0.3 is 25.2 Å². The molecule has 3 atom stereocenters. The highest BCUT2D eigenvalue weighted by Crippen LogP contribution is 2.54. The summed E-state index contributed by atoms with van der Waals surface area (Å²) in [7, 11) is 0. The van der Waals surface area contributed by atoms with Crippen molar-refractivity contribution in [3.63, 3.8) is 0 Å². The Hall–Kier alpha value is -3.39. The van der Waals surface area contributed by atoms with E-state index in [4.69, 9.17) is 4.74 Å². The molecule has 5 rings (SSSR count). The summed E-state index contributed by atoms with van der Waals surface area (Å²) in [4.78, 5) is 38.1. The number of nitrogens with zero attached hydrogens (tertiary/aromatic N) is 1. The van der Waals surface area contributed by atoms with E-state index in [1.807, 2.05) is 36.4 Å². The van der Waals surface area contributed by atoms with Gasteiger partial charge in [0.05, 0.1) is 12.5 Å². The molecule has 3 aliphatic rings. The molecule has 1 saturated carbocycles. The highest BCUT2D eigenvalue weighted by molar-refractivity contribution is 5.91. The predicted molar refractivity (Wildman–Crippen MR) is 123 cm³/mol. The maximum atomic E-state index is 12.7. The lowest BCUT2D eigenvalue weighted by molar-refractivity contribution is -0.155. The van der Waals surface area contributed by atoms with Gasteiger partial charge in [0.1, 0.15) is 12.1 Å². The Kier molecular flexibility index (Phi) is 5.77. The van der Waals surface area contributed by atoms with Crippen LogP contribution in [0, 0.1) is 5.92 Å². The predicted octanol–water partition coefficient (Wildman–Crippen LogP) is 2.74. The lowest BCUT2D eigenvalue weighted by atomic mass is 9.98. The molecule has 0 aromatic heterocycles. The van der Waals surface area contributed by atoms with Gasteiger partial charge in [0, 0.05) is 19.0 Å². The van der Waals surface area contributed by atoms with Gasteiger partial charge in [0.2, 0.25) is 5.91 Å². The molecule has 2 aromatic rings. The van der Waals surface area contributed by atoms with Gasteiger partial charge in [-0.15, -0.1) is 0 Å². The number of aliphatic hydroxyl groups excluding tert-OH is 1. The highest BCUT2D eigenvalue weighted by Gasteiger charge is 2.66. The van der Waals surface area contributed by atoms with E-state index >= 15 is 0 Å². The Bertz CT molecular complexity index is 1090. The normalized spacial score (nSPS) is 23.3. The van der Waals surface area contributed by atoms with E-state index in [1.54, 1.807) is 0 Å². The van der Waals surface area contributed by atoms with Gasteiger partial charge >= 0.3 is 12.1 Å². The first-order valence-electron chi connectivity index (χ1n) is 11.7. The molecule has 2 aromatic carbocycles. The highest BCUT2D eigenvalue weighted by atomic mass is 16.5. The number of hydrogen-bond donors (Lipinski definition) is 3. The van der Waals surface area contributed by atoms with Crippen LogP contribution in [-0.2, 0) is 14.3 Å². The lowest BCUT2D eigenvalue weighted by Gasteiger charge is -2.34. The van der Waals surface area contributed by atoms with Crippen LogP contribution in [-0.4, -0.2) is 64.4 Å². The third-order valence-electron chi connectivity index (χ3n) is 7.40. The summed E-state index contributed by atoms with van der Waals surface area (Å²) in [6, 6.07) is 16.1. The van der Waals surface area contributed by atoms with Crippen molar-refractivity contribution in [3.8, 4) is 11.1 Å². The van der Waals surface area contributed by atoms with Crippen LogP contribution in [0.5, 0.6) is 0 Å². The van der Waals surface area contributed by atoms with Crippen molar-refractivity contribution in [1.29, 1.82) is 0 Å². The van der Waals surface area contributed by atoms with E-state index in [1.165, 1.54) is 4.90 Å². The molecule has 2 aliphatic carbocycles. The minimum atomic E-state index is -1.13. The van der Waals surface area contributed by atoms with Gasteiger partial charge in [0.25, 0.3) is 0 Å². The fourth-order valence-corrected chi connectivity index (χ4v) is 5.64. The first kappa shape index (κ1) is 22.4. The van der Waals surface area contributed by atoms with Crippen LogP contribution >= 0.6 is 0 Å². The van der Waals surface area contributed by atoms with E-state index in [2.05, 4.69) is 17.4 Å². The topological polar surface area (TPSA) is 116 Å². The molecule has 1 heterocycles. The molecular weight excluding hydrogens is 436 g/mol. The minimum absolute atomic E-state index is 0.00112. The van der Waals surface area contributed by atoms with Crippen LogP contribution in [0.2, 0.25) is 0 Å². The van der Waals surface area contributed by atoms with Crippen molar-refractivity contribution in [3.05, 3.63) is 59.7 Å². The van der Waals surface area contributed by atoms with Gasteiger partial charge in [-0.2, -0.15) is 0 Å². The standard InChI is InChI=1S/C26H28N2O6/c29-17(12-23(30)28-11-5-6-16-13-26(16,28)24(31)32)14-27-25(33)34-15-22-20-9-3-1-7-18(20)19-8-2-4-10-21(19)22/h1-4,7-10,16-17,22,29H,5-6,11-15H2,(H,27,33)(H,31,32). The molecule has 178 valence electrons. The van der Waals surface area contributed by atoms with Crippen molar-refractivity contribution in [2.24, 2.45) is 5.92 Å². The van der Waals surface area contributed by atoms with Crippen LogP contribution < -0.4 is 5.32 Å². The third-order valence-corrected chi connectivity index (χ3v) is 7.40. The van der Waals surface area contributed by atoms with Gasteiger partial charge in [-0.1, -0.05) is 48.5 Å². The first-order chi connectivity index (χ1) is 16.4. The number of hydrogen-bond acceptors (Lipinski definition) is 5. The zero-order chi connectivity index (χ0) is 23.9. The second-order valence-electron chi connectivity index (χ2n) is 9.38. The molecule has 2 fully saturated rings. The largest absolute Gasteiger partial charge is 0.479 e. The minimum Gasteiger partial charge on any atom is -0.479 e. The smallest absolute Gasteiger partial charge is 0.407 e. The number of piperidine rings is 1. The fourth-order valence-electron chi connectivity index (χ4n) is 5.64. The van der Waals surface area contributed by atoms with Crippen LogP contribution in [0.15, 0.2) is 48.5 Å². The molecule has 1 saturated heterocycles. The molecule has 0 spiro atoms. The number of fused-ring (bicyclic) bond motifs is 4. The number of alkyl carbamates (subject to hydrolysis) is 1. The molecule has 8 nitrogen and oxygen atoms in total. The average Bonchev–Trinajstić information content (AvgIpc) is 3.52. The van der Waals surface area contributed by atoms with Crippen molar-refractivity contribution in [2.75, 3.05) is 19.7 Å². The number of rotatable bonds is 7. The summed E-state index contributed by atoms with van der Waals surface area (Å²) in [5, 5.41) is 22.4. The van der Waals surface area contributed by atoms with Crippen molar-refractivity contribution in [2.45, 2.75) is 43.2 Å². The summed E-state index contributed by atoms with van der Waals surface area (Å²) in [6.07, 6.45) is 0.00304. The van der Waals surface area contributed by atoms with E-state index in [0.29, 0.717) is 13.0 Å². The molecular formula is C26H28N2O6. The van der Waals surface area contributed by atoms with E-state index in [0.717, 1.165) is 35.1 Å². The second kappa shape index (κ2) is 8.76. The Balaban J connectivity index is 1.12. The van der Waals surface area contributed by atoms with E-state index in [-0.39, 0.29) is 31.4 Å². The third kappa shape index (κ3) is 3.81. The molecule has 8 heteroatoms. The number of nitrogens with one attached hydrogen (secondary N) is 1. The monoisotopic (exact) mass is 464 g/mol. The van der Waals surface area contributed by atoms with Gasteiger partial charge in [0.15, 0.2) is 0 Å². The SMILES string of the molecule is O=C(NCC(O)CC(=O)N1CCCC2CC21C(=O)O)OCC1c2ccccc2-c2ccccc21. The van der Waals surface area contributed by atoms with E-state index < -0.39 is 29.6 Å². The van der Waals surface area contributed by atoms with Gasteiger partial charge in [-0.25, -0.2) is 9.59 Å². The number of aliphatic hydroxyl groups is 1. The molecule has 2 amide bonds. The lowest BCUT2D eigenvalue weighted by Crippen LogP contribution is -2.52. The number of carboxylic acid groups (broad SMARTS) is 1. The molecule has 34 heavy (non-hydrogen) atoms. The number of carbonyl (C=O) groups excluding carboxylic acids is 2. The number of ether oxygens (including phenoxy) is 1. The quantitative estimate of drug-likeness (QED) is 0.580. The first-order valence-corrected chi connectivity index (χ1v) is 11.7. The Morgan fingerprint density at radius 2 is 1.74 bits per heavy atom. The number of likely N-dealkylation sites (tertiary alicyclic amines) is 1. The van der Waals surface area contributed by atoms with Crippen LogP contribution in [0.4, 0.5) is 4.79 Å². The van der Waals surface area contributed by atoms with Crippen molar-refractivity contribution >= 4 is 18.0 Å². The maximum Gasteiger partial charge on any atom is 0.407 e. The van der Waals surface area contributed by atoms with Gasteiger partial charge in [-0.3, -0.25) is 4.79 Å². The molecule has 0 radical (unpaired) electrons. The summed E-state index contributed by atoms with van der Waals surface area (Å²) in [6.45, 7) is 0.388. The van der Waals surface area contributed by atoms with Gasteiger partial charge in [-0.05, 0) is 47.4 Å². The Morgan fingerprint density at radius 3 is 2.38 bits per heavy atom. The number of aliphatic carboxylic acids is 1. The Morgan fingerprint density at radius 1 is 1.09 bits per heavy atom. The second-order valence-corrected chi connectivity index (χ2v) is 9.38. The zero-order valence-corrected chi connectivity index (χ0v) is 18.8. The van der Waals surface area contributed by atoms with Crippen LogP contribution in [0.1, 0.15) is 42.7 Å². The van der Waals surface area contributed by atoms with Crippen LogP contribution in [0.3, 0.4) is 0 Å². The number of benzene rings is 2. The van der Waals surface area contributed by atoms with E-state index in [9.17, 15) is 24.6 Å². The number of carboxylic acids is 1. The average molecular weight is 465 g/mol. The number of amides is 2. The Labute approximate surface area is 197 Å². The molecule has 0 bridgehead atoms.